The van der Waals surface area contributed by atoms with Crippen molar-refractivity contribution in [2.24, 2.45) is 0 Å². The summed E-state index contributed by atoms with van der Waals surface area (Å²) in [5.41, 5.74) is 0.534. The van der Waals surface area contributed by atoms with E-state index in [1.54, 1.807) is 0 Å². The highest BCUT2D eigenvalue weighted by Crippen LogP contribution is 2.28. The van der Waals surface area contributed by atoms with Gasteiger partial charge in [-0.3, -0.25) is 19.3 Å². The molecule has 1 N–H and O–H groups in total. The van der Waals surface area contributed by atoms with E-state index in [-0.39, 0.29) is 23.5 Å². The number of carbonyl (C=O) groups is 3. The third-order valence-corrected chi connectivity index (χ3v) is 5.23. The first-order chi connectivity index (χ1) is 11.0. The van der Waals surface area contributed by atoms with Crippen molar-refractivity contribution in [3.05, 3.63) is 29.6 Å². The van der Waals surface area contributed by atoms with Crippen LogP contribution in [-0.4, -0.2) is 55.5 Å². The lowest BCUT2D eigenvalue weighted by Crippen LogP contribution is -3.16. The number of Topliss-reactive ketones (excluding diaryl/α,β-unsaturated/α-hetero) is 1. The van der Waals surface area contributed by atoms with Crippen LogP contribution in [0.25, 0.3) is 0 Å². The van der Waals surface area contributed by atoms with Crippen LogP contribution in [-0.2, 0) is 14.3 Å². The maximum absolute atomic E-state index is 13.3. The number of anilines is 1. The zero-order valence-corrected chi connectivity index (χ0v) is 13.3. The lowest BCUT2D eigenvalue weighted by atomic mass is 10.1. The molecule has 0 aromatic heterocycles. The fourth-order valence-electron chi connectivity index (χ4n) is 2.85. The Balaban J connectivity index is 1.77. The molecule has 23 heavy (non-hydrogen) atoms. The molecule has 0 saturated carbocycles. The Morgan fingerprint density at radius 3 is 3.00 bits per heavy atom. The normalized spacial score (nSPS) is 23.8. The van der Waals surface area contributed by atoms with Crippen LogP contribution in [0.2, 0.25) is 0 Å². The summed E-state index contributed by atoms with van der Waals surface area (Å²) in [7, 11) is 1.35. The van der Waals surface area contributed by atoms with Crippen molar-refractivity contribution in [2.75, 3.05) is 37.5 Å². The highest BCUT2D eigenvalue weighted by Gasteiger charge is 2.39. The van der Waals surface area contributed by atoms with Crippen molar-refractivity contribution in [3.8, 4) is 0 Å². The van der Waals surface area contributed by atoms with E-state index in [1.165, 1.54) is 35.9 Å². The first-order valence-electron chi connectivity index (χ1n) is 7.20. The topological polar surface area (TPSA) is 68.1 Å². The standard InChI is InChI=1S/C15H15FN2O4S/c1-22-15(21)12-7-17(4-5-23-12)8-18-11-3-2-9(16)6-10(11)13(19)14(18)20/h2-3,6,12H,4-5,7-8H2,1H3/p+1/t12-/m0/s1. The summed E-state index contributed by atoms with van der Waals surface area (Å²) in [6.45, 7) is 1.57. The van der Waals surface area contributed by atoms with Crippen LogP contribution in [0.3, 0.4) is 0 Å². The van der Waals surface area contributed by atoms with Gasteiger partial charge in [-0.25, -0.2) is 4.39 Å². The quantitative estimate of drug-likeness (QED) is 0.593. The van der Waals surface area contributed by atoms with Gasteiger partial charge in [0, 0.05) is 5.75 Å². The number of ketones is 1. The van der Waals surface area contributed by atoms with Gasteiger partial charge in [0.25, 0.3) is 5.78 Å². The predicted octanol–water partition coefficient (Wildman–Crippen LogP) is -0.514. The number of methoxy groups -OCH3 is 1. The average Bonchev–Trinajstić information content (AvgIpc) is 2.79. The molecule has 0 radical (unpaired) electrons. The summed E-state index contributed by atoms with van der Waals surface area (Å²) in [5, 5.41) is -0.273. The molecule has 2 aliphatic heterocycles. The van der Waals surface area contributed by atoms with Gasteiger partial charge in [-0.1, -0.05) is 0 Å². The Morgan fingerprint density at radius 2 is 2.26 bits per heavy atom. The molecule has 2 aliphatic rings. The van der Waals surface area contributed by atoms with E-state index < -0.39 is 17.5 Å². The molecule has 1 aromatic carbocycles. The van der Waals surface area contributed by atoms with Crippen LogP contribution in [0.4, 0.5) is 10.1 Å². The lowest BCUT2D eigenvalue weighted by molar-refractivity contribution is -0.896. The van der Waals surface area contributed by atoms with Crippen molar-refractivity contribution in [1.29, 1.82) is 0 Å². The fraction of sp³-hybridized carbons (Fsp3) is 0.400. The van der Waals surface area contributed by atoms with E-state index in [0.717, 1.165) is 23.3 Å². The number of amides is 1. The predicted molar refractivity (Wildman–Crippen MR) is 82.0 cm³/mol. The van der Waals surface area contributed by atoms with Gasteiger partial charge in [0.15, 0.2) is 11.9 Å². The molecule has 6 nitrogen and oxygen atoms in total. The van der Waals surface area contributed by atoms with Gasteiger partial charge < -0.3 is 9.64 Å². The number of rotatable bonds is 3. The zero-order valence-electron chi connectivity index (χ0n) is 12.5. The molecule has 8 heteroatoms. The highest BCUT2D eigenvalue weighted by atomic mass is 32.2. The number of nitrogens with zero attached hydrogens (tertiary/aromatic N) is 1. The third-order valence-electron chi connectivity index (χ3n) is 4.03. The molecule has 2 heterocycles. The minimum atomic E-state index is -0.685. The van der Waals surface area contributed by atoms with Gasteiger partial charge in [-0.2, -0.15) is 0 Å². The van der Waals surface area contributed by atoms with Crippen LogP contribution in [0.5, 0.6) is 0 Å². The first-order valence-corrected chi connectivity index (χ1v) is 8.25. The van der Waals surface area contributed by atoms with Gasteiger partial charge in [0.1, 0.15) is 12.4 Å². The highest BCUT2D eigenvalue weighted by molar-refractivity contribution is 8.00. The number of carbonyl (C=O) groups excluding carboxylic acids is 3. The maximum atomic E-state index is 13.3. The van der Waals surface area contributed by atoms with Crippen LogP contribution < -0.4 is 9.80 Å². The van der Waals surface area contributed by atoms with Crippen molar-refractivity contribution in [3.63, 3.8) is 0 Å². The molecule has 1 aromatic rings. The maximum Gasteiger partial charge on any atom is 0.324 e. The number of thioether (sulfide) groups is 1. The van der Waals surface area contributed by atoms with Crippen LogP contribution >= 0.6 is 11.8 Å². The van der Waals surface area contributed by atoms with Gasteiger partial charge in [-0.05, 0) is 18.2 Å². The summed E-state index contributed by atoms with van der Waals surface area (Å²) >= 11 is 1.53. The SMILES string of the molecule is COC(=O)[C@@H]1C[NH+](CN2C(=O)C(=O)c3cc(F)ccc32)CCS1. The monoisotopic (exact) mass is 339 g/mol. The molecule has 0 bridgehead atoms. The van der Waals surface area contributed by atoms with Gasteiger partial charge in [0.2, 0.25) is 0 Å². The second-order valence-corrected chi connectivity index (χ2v) is 6.78. The zero-order chi connectivity index (χ0) is 16.6. The summed E-state index contributed by atoms with van der Waals surface area (Å²) in [4.78, 5) is 38.2. The Hall–Kier alpha value is -1.93. The Morgan fingerprint density at radius 1 is 1.48 bits per heavy atom. The first kappa shape index (κ1) is 15.9. The van der Waals surface area contributed by atoms with Crippen LogP contribution in [0.1, 0.15) is 10.4 Å². The smallest absolute Gasteiger partial charge is 0.324 e. The summed E-state index contributed by atoms with van der Waals surface area (Å²) in [6, 6.07) is 3.77. The Kier molecular flexibility index (Phi) is 4.36. The van der Waals surface area contributed by atoms with Crippen molar-refractivity contribution < 1.29 is 28.4 Å². The lowest BCUT2D eigenvalue weighted by Gasteiger charge is -2.30. The fourth-order valence-corrected chi connectivity index (χ4v) is 4.13. The molecular formula is C15H16FN2O4S+. The minimum absolute atomic E-state index is 0.102. The summed E-state index contributed by atoms with van der Waals surface area (Å²) in [6.07, 6.45) is 0. The van der Waals surface area contributed by atoms with Gasteiger partial charge >= 0.3 is 11.9 Å². The summed E-state index contributed by atoms with van der Waals surface area (Å²) < 4.78 is 18.1. The third kappa shape index (κ3) is 2.96. The number of nitrogens with one attached hydrogen (secondary N) is 1. The molecule has 0 aliphatic carbocycles. The molecule has 1 unspecified atom stereocenters. The van der Waals surface area contributed by atoms with Crippen LogP contribution in [0.15, 0.2) is 18.2 Å². The van der Waals surface area contributed by atoms with E-state index in [2.05, 4.69) is 0 Å². The largest absolute Gasteiger partial charge is 0.468 e. The Bertz CT molecular complexity index is 681. The van der Waals surface area contributed by atoms with Crippen molar-refractivity contribution in [1.82, 2.24) is 0 Å². The number of fused-ring (bicyclic) bond motifs is 1. The van der Waals surface area contributed by atoms with Crippen LogP contribution in [0, 0.1) is 5.82 Å². The molecule has 1 amide bonds. The number of hydrogen-bond donors (Lipinski definition) is 1. The van der Waals surface area contributed by atoms with Gasteiger partial charge in [0.05, 0.1) is 24.9 Å². The second kappa shape index (κ2) is 6.29. The molecule has 3 rings (SSSR count). The van der Waals surface area contributed by atoms with E-state index >= 15 is 0 Å². The minimum Gasteiger partial charge on any atom is -0.468 e. The Labute approximate surface area is 136 Å². The van der Waals surface area contributed by atoms with Crippen molar-refractivity contribution in [2.45, 2.75) is 5.25 Å². The number of ether oxygens (including phenoxy) is 1. The van der Waals surface area contributed by atoms with E-state index in [1.807, 2.05) is 0 Å². The van der Waals surface area contributed by atoms with E-state index in [4.69, 9.17) is 4.74 Å². The number of halogens is 1. The number of hydrogen-bond acceptors (Lipinski definition) is 5. The second-order valence-electron chi connectivity index (χ2n) is 5.47. The number of quaternary nitrogens is 1. The number of esters is 1. The molecular weight excluding hydrogens is 323 g/mol. The molecule has 2 atom stereocenters. The number of benzene rings is 1. The molecule has 1 fully saturated rings. The summed E-state index contributed by atoms with van der Waals surface area (Å²) in [5.74, 6) is -1.39. The molecule has 1 saturated heterocycles. The molecule has 0 spiro atoms. The average molecular weight is 339 g/mol. The molecule has 122 valence electrons. The van der Waals surface area contributed by atoms with Gasteiger partial charge in [-0.15, -0.1) is 11.8 Å². The van der Waals surface area contributed by atoms with Crippen molar-refractivity contribution >= 4 is 35.1 Å². The van der Waals surface area contributed by atoms with E-state index in [0.29, 0.717) is 12.2 Å². The van der Waals surface area contributed by atoms with E-state index in [9.17, 15) is 18.8 Å².